The predicted octanol–water partition coefficient (Wildman–Crippen LogP) is 3.49. The molecule has 0 spiro atoms. The molecule has 1 saturated carbocycles. The van der Waals surface area contributed by atoms with Crippen LogP contribution in [0.4, 0.5) is 0 Å². The van der Waals surface area contributed by atoms with Crippen LogP contribution in [0.5, 0.6) is 11.5 Å². The number of hydrogen-bond acceptors (Lipinski definition) is 4. The molecule has 1 aliphatic carbocycles. The second-order valence-electron chi connectivity index (χ2n) is 8.98. The zero-order valence-corrected chi connectivity index (χ0v) is 18.7. The summed E-state index contributed by atoms with van der Waals surface area (Å²) in [5.74, 6) is 1.08. The molecule has 174 valence electrons. The van der Waals surface area contributed by atoms with E-state index >= 15 is 0 Å². The number of nitrogens with one attached hydrogen (secondary N) is 1. The van der Waals surface area contributed by atoms with E-state index in [0.29, 0.717) is 41.9 Å². The first-order valence-electron chi connectivity index (χ1n) is 11.7. The number of ether oxygens (including phenoxy) is 1. The molecule has 7 heteroatoms. The van der Waals surface area contributed by atoms with E-state index in [1.54, 1.807) is 29.2 Å². The van der Waals surface area contributed by atoms with Gasteiger partial charge >= 0.3 is 0 Å². The van der Waals surface area contributed by atoms with E-state index in [0.717, 1.165) is 12.8 Å². The van der Waals surface area contributed by atoms with Crippen LogP contribution < -0.4 is 15.8 Å². The van der Waals surface area contributed by atoms with Crippen molar-refractivity contribution in [2.24, 2.45) is 17.6 Å². The van der Waals surface area contributed by atoms with Crippen molar-refractivity contribution in [2.45, 2.75) is 44.6 Å². The Morgan fingerprint density at radius 2 is 1.58 bits per heavy atom. The lowest BCUT2D eigenvalue weighted by Crippen LogP contribution is -2.47. The molecule has 1 aliphatic heterocycles. The highest BCUT2D eigenvalue weighted by Gasteiger charge is 2.41. The maximum absolute atomic E-state index is 12.9. The predicted molar refractivity (Wildman–Crippen MR) is 125 cm³/mol. The molecule has 2 atom stereocenters. The summed E-state index contributed by atoms with van der Waals surface area (Å²) in [6, 6.07) is 15.5. The van der Waals surface area contributed by atoms with Crippen LogP contribution in [0.1, 0.15) is 48.9 Å². The van der Waals surface area contributed by atoms with Crippen LogP contribution in [0, 0.1) is 11.8 Å². The summed E-state index contributed by atoms with van der Waals surface area (Å²) in [5, 5.41) is 2.68. The molecule has 1 heterocycles. The molecule has 4 rings (SSSR count). The van der Waals surface area contributed by atoms with Gasteiger partial charge in [-0.3, -0.25) is 14.4 Å². The summed E-state index contributed by atoms with van der Waals surface area (Å²) in [7, 11) is 0. The lowest BCUT2D eigenvalue weighted by molar-refractivity contribution is -0.136. The third-order valence-corrected chi connectivity index (χ3v) is 6.79. The minimum absolute atomic E-state index is 0.164. The van der Waals surface area contributed by atoms with E-state index < -0.39 is 11.9 Å². The fraction of sp³-hybridized carbons (Fsp3) is 0.423. The van der Waals surface area contributed by atoms with E-state index in [9.17, 15) is 14.4 Å². The van der Waals surface area contributed by atoms with Crippen LogP contribution in [0.2, 0.25) is 0 Å². The first kappa shape index (κ1) is 22.8. The maximum Gasteiger partial charge on any atom is 0.251 e. The van der Waals surface area contributed by atoms with E-state index in [1.165, 1.54) is 19.3 Å². The fourth-order valence-corrected chi connectivity index (χ4v) is 5.02. The minimum atomic E-state index is -0.587. The van der Waals surface area contributed by atoms with Crippen LogP contribution in [-0.2, 0) is 9.59 Å². The van der Waals surface area contributed by atoms with Gasteiger partial charge in [0.1, 0.15) is 17.5 Å². The average Bonchev–Trinajstić information content (AvgIpc) is 3.30. The van der Waals surface area contributed by atoms with Gasteiger partial charge in [0.2, 0.25) is 11.8 Å². The third kappa shape index (κ3) is 5.72. The van der Waals surface area contributed by atoms with Gasteiger partial charge in [0, 0.05) is 12.1 Å². The number of nitrogens with zero attached hydrogens (tertiary/aromatic N) is 1. The molecular formula is C26H31N3O4. The Balaban J connectivity index is 1.31. The molecule has 0 aromatic heterocycles. The number of benzene rings is 2. The summed E-state index contributed by atoms with van der Waals surface area (Å²) in [5.41, 5.74) is 6.03. The molecular weight excluding hydrogens is 418 g/mol. The quantitative estimate of drug-likeness (QED) is 0.675. The van der Waals surface area contributed by atoms with Crippen molar-refractivity contribution in [3.8, 4) is 11.5 Å². The second-order valence-corrected chi connectivity index (χ2v) is 8.98. The van der Waals surface area contributed by atoms with Crippen LogP contribution in [-0.4, -0.2) is 41.8 Å². The number of para-hydroxylation sites is 1. The zero-order chi connectivity index (χ0) is 23.2. The van der Waals surface area contributed by atoms with Crippen LogP contribution in [0.15, 0.2) is 54.6 Å². The Bertz CT molecular complexity index is 971. The van der Waals surface area contributed by atoms with Crippen molar-refractivity contribution >= 4 is 17.7 Å². The highest BCUT2D eigenvalue weighted by molar-refractivity contribution is 5.97. The Labute approximate surface area is 194 Å². The lowest BCUT2D eigenvalue weighted by atomic mass is 9.79. The van der Waals surface area contributed by atoms with Gasteiger partial charge in [-0.05, 0) is 54.7 Å². The molecule has 0 unspecified atom stereocenters. The lowest BCUT2D eigenvalue weighted by Gasteiger charge is -2.27. The van der Waals surface area contributed by atoms with Crippen molar-refractivity contribution < 1.29 is 19.1 Å². The number of rotatable bonds is 7. The van der Waals surface area contributed by atoms with Gasteiger partial charge in [-0.2, -0.15) is 0 Å². The summed E-state index contributed by atoms with van der Waals surface area (Å²) in [6.45, 7) is 0.376. The SMILES string of the molecule is NC(=O)[C@@H]1C[C@@H](C2CCCCC2)CN1C(=O)CNC(=O)c1ccc(Oc2ccccc2)cc1. The molecule has 0 bridgehead atoms. The van der Waals surface area contributed by atoms with Crippen molar-refractivity contribution in [3.63, 3.8) is 0 Å². The minimum Gasteiger partial charge on any atom is -0.457 e. The number of carbonyl (C=O) groups is 3. The number of carbonyl (C=O) groups excluding carboxylic acids is 3. The van der Waals surface area contributed by atoms with E-state index in [2.05, 4.69) is 5.32 Å². The highest BCUT2D eigenvalue weighted by Crippen LogP contribution is 2.37. The number of likely N-dealkylation sites (tertiary alicyclic amines) is 1. The van der Waals surface area contributed by atoms with E-state index in [-0.39, 0.29) is 18.4 Å². The van der Waals surface area contributed by atoms with Crippen LogP contribution >= 0.6 is 0 Å². The molecule has 2 aliphatic rings. The van der Waals surface area contributed by atoms with Gasteiger partial charge in [-0.25, -0.2) is 0 Å². The van der Waals surface area contributed by atoms with Crippen LogP contribution in [0.25, 0.3) is 0 Å². The number of hydrogen-bond donors (Lipinski definition) is 2. The first-order chi connectivity index (χ1) is 16.0. The average molecular weight is 450 g/mol. The molecule has 0 radical (unpaired) electrons. The normalized spacial score (nSPS) is 20.9. The van der Waals surface area contributed by atoms with Gasteiger partial charge in [-0.1, -0.05) is 50.3 Å². The summed E-state index contributed by atoms with van der Waals surface area (Å²) in [4.78, 5) is 39.0. The molecule has 33 heavy (non-hydrogen) atoms. The largest absolute Gasteiger partial charge is 0.457 e. The van der Waals surface area contributed by atoms with Crippen LogP contribution in [0.3, 0.4) is 0 Å². The fourth-order valence-electron chi connectivity index (χ4n) is 5.02. The molecule has 3 amide bonds. The monoisotopic (exact) mass is 449 g/mol. The first-order valence-corrected chi connectivity index (χ1v) is 11.7. The number of primary amides is 1. The Hall–Kier alpha value is -3.35. The molecule has 7 nitrogen and oxygen atoms in total. The Kier molecular flexibility index (Phi) is 7.27. The maximum atomic E-state index is 12.9. The molecule has 2 aromatic carbocycles. The standard InChI is InChI=1S/C26H31N3O4/c27-25(31)23-15-20(18-7-3-1-4-8-18)17-29(23)24(30)16-28-26(32)19-11-13-22(14-12-19)33-21-9-5-2-6-10-21/h2,5-6,9-14,18,20,23H,1,3-4,7-8,15-17H2,(H2,27,31)(H,28,32)/t20-,23+/m1/s1. The van der Waals surface area contributed by atoms with Gasteiger partial charge in [0.15, 0.2) is 0 Å². The van der Waals surface area contributed by atoms with Crippen molar-refractivity contribution in [1.82, 2.24) is 10.2 Å². The Morgan fingerprint density at radius 3 is 2.24 bits per heavy atom. The second kappa shape index (κ2) is 10.5. The summed E-state index contributed by atoms with van der Waals surface area (Å²) >= 11 is 0. The topological polar surface area (TPSA) is 102 Å². The van der Waals surface area contributed by atoms with Gasteiger partial charge in [-0.15, -0.1) is 0 Å². The van der Waals surface area contributed by atoms with E-state index in [1.807, 2.05) is 30.3 Å². The molecule has 1 saturated heterocycles. The molecule has 2 aromatic rings. The molecule has 3 N–H and O–H groups in total. The third-order valence-electron chi connectivity index (χ3n) is 6.79. The van der Waals surface area contributed by atoms with Gasteiger partial charge < -0.3 is 20.7 Å². The zero-order valence-electron chi connectivity index (χ0n) is 18.7. The van der Waals surface area contributed by atoms with E-state index in [4.69, 9.17) is 10.5 Å². The number of amides is 3. The summed E-state index contributed by atoms with van der Waals surface area (Å²) < 4.78 is 5.74. The van der Waals surface area contributed by atoms with Crippen molar-refractivity contribution in [3.05, 3.63) is 60.2 Å². The van der Waals surface area contributed by atoms with Crippen molar-refractivity contribution in [2.75, 3.05) is 13.1 Å². The summed E-state index contributed by atoms with van der Waals surface area (Å²) in [6.07, 6.45) is 6.61. The smallest absolute Gasteiger partial charge is 0.251 e. The molecule has 2 fully saturated rings. The van der Waals surface area contributed by atoms with Gasteiger partial charge in [0.25, 0.3) is 5.91 Å². The Morgan fingerprint density at radius 1 is 0.909 bits per heavy atom. The number of nitrogens with two attached hydrogens (primary N) is 1. The highest BCUT2D eigenvalue weighted by atomic mass is 16.5. The van der Waals surface area contributed by atoms with Crippen molar-refractivity contribution in [1.29, 1.82) is 0 Å². The van der Waals surface area contributed by atoms with Gasteiger partial charge in [0.05, 0.1) is 6.54 Å².